The second-order valence-electron chi connectivity index (χ2n) is 14.4. The molecule has 7 heteroatoms. The maximum Gasteiger partial charge on any atom is 0.227 e. The Morgan fingerprint density at radius 2 is 1.51 bits per heavy atom. The van der Waals surface area contributed by atoms with Gasteiger partial charge in [-0.3, -0.25) is 4.79 Å². The van der Waals surface area contributed by atoms with Crippen LogP contribution in [0.15, 0.2) is 21.5 Å². The smallest absolute Gasteiger partial charge is 0.227 e. The minimum absolute atomic E-state index is 0.0181. The van der Waals surface area contributed by atoms with Crippen LogP contribution in [-0.4, -0.2) is 35.1 Å². The van der Waals surface area contributed by atoms with Gasteiger partial charge in [0.25, 0.3) is 0 Å². The lowest BCUT2D eigenvalue weighted by Gasteiger charge is -2.38. The van der Waals surface area contributed by atoms with Gasteiger partial charge in [0, 0.05) is 11.6 Å². The Bertz CT molecular complexity index is 1270. The highest BCUT2D eigenvalue weighted by molar-refractivity contribution is 5.59. The Labute approximate surface area is 271 Å². The zero-order valence-corrected chi connectivity index (χ0v) is 29.3. The van der Waals surface area contributed by atoms with Gasteiger partial charge in [0.15, 0.2) is 0 Å². The molecule has 0 bridgehead atoms. The average molecular weight is 629 g/mol. The molecule has 0 saturated carbocycles. The molecule has 1 aromatic carbocycles. The molecule has 4 atom stereocenters. The van der Waals surface area contributed by atoms with Gasteiger partial charge < -0.3 is 28.8 Å². The fraction of sp³-hybridized carbons (Fsp3) is 0.711. The van der Waals surface area contributed by atoms with E-state index < -0.39 is 11.5 Å². The topological polar surface area (TPSA) is 98.4 Å². The van der Waals surface area contributed by atoms with Crippen molar-refractivity contribution in [2.24, 2.45) is 17.8 Å². The van der Waals surface area contributed by atoms with Crippen LogP contribution in [0.2, 0.25) is 0 Å². The van der Waals surface area contributed by atoms with Crippen molar-refractivity contribution in [1.82, 2.24) is 0 Å². The third-order valence-corrected chi connectivity index (χ3v) is 9.70. The molecule has 0 fully saturated rings. The Balaban J connectivity index is 1.48. The van der Waals surface area contributed by atoms with E-state index in [0.717, 1.165) is 71.5 Å². The monoisotopic (exact) mass is 628 g/mol. The number of rotatable bonds is 19. The Kier molecular flexibility index (Phi) is 14.3. The Hall–Kier alpha value is -2.51. The second-order valence-corrected chi connectivity index (χ2v) is 14.4. The molecule has 0 amide bonds. The molecule has 0 radical (unpaired) electrons. The molecule has 1 aliphatic heterocycles. The average Bonchev–Trinajstić information content (AvgIpc) is 2.99. The summed E-state index contributed by atoms with van der Waals surface area (Å²) in [5.41, 5.74) is 3.75. The first-order chi connectivity index (χ1) is 21.3. The van der Waals surface area contributed by atoms with E-state index in [9.17, 15) is 9.90 Å². The van der Waals surface area contributed by atoms with Crippen LogP contribution in [0.3, 0.4) is 0 Å². The highest BCUT2D eigenvalue weighted by Gasteiger charge is 2.34. The first kappa shape index (κ1) is 37.0. The zero-order chi connectivity index (χ0) is 33.1. The van der Waals surface area contributed by atoms with Crippen molar-refractivity contribution in [3.05, 3.63) is 50.6 Å². The van der Waals surface area contributed by atoms with Crippen molar-refractivity contribution in [2.75, 3.05) is 13.2 Å². The van der Waals surface area contributed by atoms with E-state index in [1.54, 1.807) is 0 Å². The van der Waals surface area contributed by atoms with Gasteiger partial charge in [0.2, 0.25) is 11.2 Å². The van der Waals surface area contributed by atoms with Crippen molar-refractivity contribution >= 4 is 0 Å². The summed E-state index contributed by atoms with van der Waals surface area (Å²) in [5.74, 6) is 4.32. The van der Waals surface area contributed by atoms with E-state index in [4.69, 9.17) is 23.7 Å². The maximum atomic E-state index is 12.1. The quantitative estimate of drug-likeness (QED) is 0.161. The van der Waals surface area contributed by atoms with Crippen LogP contribution in [0.4, 0.5) is 0 Å². The Morgan fingerprint density at radius 3 is 2.13 bits per heavy atom. The summed E-state index contributed by atoms with van der Waals surface area (Å²) in [7, 11) is 0. The van der Waals surface area contributed by atoms with Gasteiger partial charge in [-0.25, -0.2) is 0 Å². The fourth-order valence-corrected chi connectivity index (χ4v) is 6.52. The number of aliphatic hydroxyl groups excluding tert-OH is 2. The molecule has 2 N–H and O–H groups in total. The lowest BCUT2D eigenvalue weighted by molar-refractivity contribution is 0.0500. The molecule has 1 aromatic heterocycles. The molecule has 2 heterocycles. The van der Waals surface area contributed by atoms with Crippen molar-refractivity contribution < 1.29 is 28.8 Å². The summed E-state index contributed by atoms with van der Waals surface area (Å²) >= 11 is 0. The standard InChI is InChI=1S/C38H60O7/c1-25(2)12-9-13-26(3)14-10-15-27(4)16-11-18-38(8)19-17-33-30(7)36(28(5)29(6)37(33)45-38)44-23-31(40)22-43-35-24-42-32(21-39)20-34(35)41/h20,24-27,31,39-40H,9-19,21-23H2,1-8H3. The number of benzene rings is 1. The fourth-order valence-electron chi connectivity index (χ4n) is 6.52. The van der Waals surface area contributed by atoms with Crippen LogP contribution >= 0.6 is 0 Å². The number of ether oxygens (including phenoxy) is 3. The maximum absolute atomic E-state index is 12.1. The van der Waals surface area contributed by atoms with Crippen LogP contribution in [0.25, 0.3) is 0 Å². The third-order valence-electron chi connectivity index (χ3n) is 9.70. The van der Waals surface area contributed by atoms with Gasteiger partial charge >= 0.3 is 0 Å². The lowest BCUT2D eigenvalue weighted by Crippen LogP contribution is -2.37. The summed E-state index contributed by atoms with van der Waals surface area (Å²) in [6.07, 6.45) is 13.7. The van der Waals surface area contributed by atoms with Crippen LogP contribution in [0, 0.1) is 38.5 Å². The molecule has 254 valence electrons. The Morgan fingerprint density at radius 1 is 0.889 bits per heavy atom. The molecule has 1 aliphatic rings. The second kappa shape index (κ2) is 17.4. The van der Waals surface area contributed by atoms with E-state index >= 15 is 0 Å². The van der Waals surface area contributed by atoms with Gasteiger partial charge in [-0.2, -0.15) is 0 Å². The molecule has 0 aliphatic carbocycles. The first-order valence-electron chi connectivity index (χ1n) is 17.3. The normalized spacial score (nSPS) is 18.3. The number of fused-ring (bicyclic) bond motifs is 1. The minimum Gasteiger partial charge on any atom is -0.490 e. The highest BCUT2D eigenvalue weighted by Crippen LogP contribution is 2.45. The van der Waals surface area contributed by atoms with Crippen molar-refractivity contribution in [3.63, 3.8) is 0 Å². The SMILES string of the molecule is Cc1c(C)c2c(c(C)c1OCC(O)COc1coc(CO)cc1=O)CCC(C)(CCCC(C)CCCC(C)CCCC(C)C)O2. The molecule has 0 spiro atoms. The number of hydrogen-bond acceptors (Lipinski definition) is 7. The van der Waals surface area contributed by atoms with Crippen LogP contribution in [-0.2, 0) is 13.0 Å². The van der Waals surface area contributed by atoms with Crippen LogP contribution < -0.4 is 19.6 Å². The predicted molar refractivity (Wildman–Crippen MR) is 181 cm³/mol. The van der Waals surface area contributed by atoms with E-state index in [1.807, 2.05) is 6.92 Å². The van der Waals surface area contributed by atoms with E-state index in [0.29, 0.717) is 0 Å². The molecule has 4 unspecified atom stereocenters. The van der Waals surface area contributed by atoms with E-state index in [-0.39, 0.29) is 36.9 Å². The van der Waals surface area contributed by atoms with Gasteiger partial charge in [0.05, 0.1) is 0 Å². The molecular formula is C38H60O7. The van der Waals surface area contributed by atoms with Crippen molar-refractivity contribution in [1.29, 1.82) is 0 Å². The molecule has 7 nitrogen and oxygen atoms in total. The van der Waals surface area contributed by atoms with Crippen molar-refractivity contribution in [2.45, 2.75) is 144 Å². The largest absolute Gasteiger partial charge is 0.490 e. The summed E-state index contributed by atoms with van der Waals surface area (Å²) in [6.45, 7) is 17.5. The summed E-state index contributed by atoms with van der Waals surface area (Å²) in [6, 6.07) is 1.17. The lowest BCUT2D eigenvalue weighted by atomic mass is 9.83. The molecular weight excluding hydrogens is 568 g/mol. The predicted octanol–water partition coefficient (Wildman–Crippen LogP) is 8.40. The summed E-state index contributed by atoms with van der Waals surface area (Å²) in [5, 5.41) is 19.6. The highest BCUT2D eigenvalue weighted by atomic mass is 16.5. The van der Waals surface area contributed by atoms with Crippen LogP contribution in [0.1, 0.15) is 127 Å². The molecule has 2 aromatic rings. The van der Waals surface area contributed by atoms with Crippen molar-refractivity contribution in [3.8, 4) is 17.2 Å². The summed E-state index contributed by atoms with van der Waals surface area (Å²) in [4.78, 5) is 12.1. The number of hydrogen-bond donors (Lipinski definition) is 2. The molecule has 3 rings (SSSR count). The summed E-state index contributed by atoms with van der Waals surface area (Å²) < 4.78 is 23.5. The van der Waals surface area contributed by atoms with Gasteiger partial charge in [-0.1, -0.05) is 72.6 Å². The number of aliphatic hydroxyl groups is 2. The molecule has 0 saturated heterocycles. The third kappa shape index (κ3) is 11.1. The van der Waals surface area contributed by atoms with Crippen LogP contribution in [0.5, 0.6) is 17.2 Å². The van der Waals surface area contributed by atoms with E-state index in [1.165, 1.54) is 63.0 Å². The van der Waals surface area contributed by atoms with Gasteiger partial charge in [-0.05, 0) is 87.8 Å². The first-order valence-corrected chi connectivity index (χ1v) is 17.3. The van der Waals surface area contributed by atoms with E-state index in [2.05, 4.69) is 48.5 Å². The zero-order valence-electron chi connectivity index (χ0n) is 29.3. The van der Waals surface area contributed by atoms with Gasteiger partial charge in [-0.15, -0.1) is 0 Å². The molecule has 45 heavy (non-hydrogen) atoms. The minimum atomic E-state index is -0.947. The van der Waals surface area contributed by atoms with Gasteiger partial charge in [0.1, 0.15) is 55.0 Å².